The molecule has 1 aromatic heterocycles. The van der Waals surface area contributed by atoms with Gasteiger partial charge in [0, 0.05) is 23.9 Å². The van der Waals surface area contributed by atoms with Crippen molar-refractivity contribution in [1.82, 2.24) is 9.97 Å². The van der Waals surface area contributed by atoms with Gasteiger partial charge in [-0.25, -0.2) is 4.98 Å². The van der Waals surface area contributed by atoms with Crippen LogP contribution in [-0.2, 0) is 4.79 Å². The van der Waals surface area contributed by atoms with Gasteiger partial charge in [-0.3, -0.25) is 14.6 Å². The maximum atomic E-state index is 12.5. The molecular formula is C20H24N4O3. The summed E-state index contributed by atoms with van der Waals surface area (Å²) >= 11 is 0. The van der Waals surface area contributed by atoms with Crippen LogP contribution in [0, 0.1) is 12.8 Å². The van der Waals surface area contributed by atoms with Crippen LogP contribution in [0.3, 0.4) is 0 Å². The number of ether oxygens (including phenoxy) is 1. The summed E-state index contributed by atoms with van der Waals surface area (Å²) in [5.41, 5.74) is 2.12. The van der Waals surface area contributed by atoms with Crippen LogP contribution in [0.2, 0.25) is 0 Å². The molecule has 2 N–H and O–H groups in total. The molecule has 2 aromatic rings. The van der Waals surface area contributed by atoms with Crippen LogP contribution in [0.4, 0.5) is 11.4 Å². The number of hydrogen-bond acceptors (Lipinski definition) is 5. The van der Waals surface area contributed by atoms with Crippen molar-refractivity contribution in [3.8, 4) is 5.75 Å². The van der Waals surface area contributed by atoms with Crippen LogP contribution in [-0.4, -0.2) is 28.9 Å². The van der Waals surface area contributed by atoms with Gasteiger partial charge in [-0.05, 0) is 31.9 Å². The number of carbonyl (C=O) groups is 2. The zero-order valence-corrected chi connectivity index (χ0v) is 15.6. The Labute approximate surface area is 158 Å². The molecular weight excluding hydrogens is 344 g/mol. The summed E-state index contributed by atoms with van der Waals surface area (Å²) in [4.78, 5) is 32.9. The summed E-state index contributed by atoms with van der Waals surface area (Å²) in [6, 6.07) is 5.13. The van der Waals surface area contributed by atoms with Gasteiger partial charge in [0.25, 0.3) is 5.91 Å². The molecule has 0 radical (unpaired) electrons. The standard InChI is InChI=1S/C20H24N4O3/c1-13-11-22-17(12-21-13)20(26)23-15-8-9-16(18(10-15)27-2)24-19(25)14-6-4-3-5-7-14/h8-12,14H,3-7H2,1-2H3,(H,23,26)(H,24,25). The van der Waals surface area contributed by atoms with Gasteiger partial charge < -0.3 is 15.4 Å². The second-order valence-electron chi connectivity index (χ2n) is 6.74. The van der Waals surface area contributed by atoms with E-state index >= 15 is 0 Å². The van der Waals surface area contributed by atoms with E-state index in [2.05, 4.69) is 20.6 Å². The van der Waals surface area contributed by atoms with Gasteiger partial charge in [-0.2, -0.15) is 0 Å². The van der Waals surface area contributed by atoms with Crippen molar-refractivity contribution in [1.29, 1.82) is 0 Å². The molecule has 1 aliphatic carbocycles. The molecule has 1 aliphatic rings. The number of amides is 2. The third-order valence-electron chi connectivity index (χ3n) is 4.71. The normalized spacial score (nSPS) is 14.4. The molecule has 1 fully saturated rings. The first-order chi connectivity index (χ1) is 13.1. The quantitative estimate of drug-likeness (QED) is 0.842. The Hall–Kier alpha value is -2.96. The molecule has 142 valence electrons. The second-order valence-corrected chi connectivity index (χ2v) is 6.74. The average molecular weight is 368 g/mol. The van der Waals surface area contributed by atoms with E-state index in [1.54, 1.807) is 31.3 Å². The highest BCUT2D eigenvalue weighted by molar-refractivity contribution is 6.03. The summed E-state index contributed by atoms with van der Waals surface area (Å²) in [6.45, 7) is 1.81. The molecule has 27 heavy (non-hydrogen) atoms. The Bertz CT molecular complexity index is 814. The number of aryl methyl sites for hydroxylation is 1. The number of anilines is 2. The number of nitrogens with one attached hydrogen (secondary N) is 2. The van der Waals surface area contributed by atoms with Crippen molar-refractivity contribution in [2.45, 2.75) is 39.0 Å². The average Bonchev–Trinajstić information content (AvgIpc) is 2.70. The fourth-order valence-electron chi connectivity index (χ4n) is 3.18. The van der Waals surface area contributed by atoms with Crippen LogP contribution < -0.4 is 15.4 Å². The SMILES string of the molecule is COc1cc(NC(=O)c2cnc(C)cn2)ccc1NC(=O)C1CCCCC1. The van der Waals surface area contributed by atoms with Crippen molar-refractivity contribution in [2.75, 3.05) is 17.7 Å². The number of carbonyl (C=O) groups excluding carboxylic acids is 2. The van der Waals surface area contributed by atoms with E-state index in [-0.39, 0.29) is 23.4 Å². The van der Waals surface area contributed by atoms with E-state index in [0.29, 0.717) is 17.1 Å². The number of benzene rings is 1. The Morgan fingerprint density at radius 1 is 1.07 bits per heavy atom. The van der Waals surface area contributed by atoms with Crippen molar-refractivity contribution in [3.63, 3.8) is 0 Å². The molecule has 0 unspecified atom stereocenters. The fraction of sp³-hybridized carbons (Fsp3) is 0.400. The third-order valence-corrected chi connectivity index (χ3v) is 4.71. The Morgan fingerprint density at radius 2 is 1.85 bits per heavy atom. The van der Waals surface area contributed by atoms with Crippen molar-refractivity contribution in [3.05, 3.63) is 42.0 Å². The van der Waals surface area contributed by atoms with Gasteiger partial charge in [0.15, 0.2) is 0 Å². The third kappa shape index (κ3) is 4.81. The van der Waals surface area contributed by atoms with E-state index < -0.39 is 0 Å². The molecule has 2 amide bonds. The number of aromatic nitrogens is 2. The number of hydrogen-bond donors (Lipinski definition) is 2. The van der Waals surface area contributed by atoms with Crippen molar-refractivity contribution < 1.29 is 14.3 Å². The van der Waals surface area contributed by atoms with Gasteiger partial charge >= 0.3 is 0 Å². The minimum absolute atomic E-state index is 0.0275. The van der Waals surface area contributed by atoms with Crippen LogP contribution >= 0.6 is 0 Å². The van der Waals surface area contributed by atoms with Gasteiger partial charge in [-0.1, -0.05) is 19.3 Å². The molecule has 7 heteroatoms. The van der Waals surface area contributed by atoms with Crippen LogP contribution in [0.1, 0.15) is 48.3 Å². The van der Waals surface area contributed by atoms with Gasteiger partial charge in [-0.15, -0.1) is 0 Å². The highest BCUT2D eigenvalue weighted by atomic mass is 16.5. The van der Waals surface area contributed by atoms with E-state index in [4.69, 9.17) is 4.74 Å². The number of methoxy groups -OCH3 is 1. The molecule has 0 bridgehead atoms. The zero-order valence-electron chi connectivity index (χ0n) is 15.6. The lowest BCUT2D eigenvalue weighted by Gasteiger charge is -2.21. The maximum Gasteiger partial charge on any atom is 0.275 e. The van der Waals surface area contributed by atoms with Crippen molar-refractivity contribution in [2.24, 2.45) is 5.92 Å². The molecule has 0 atom stereocenters. The van der Waals surface area contributed by atoms with Gasteiger partial charge in [0.1, 0.15) is 11.4 Å². The molecule has 7 nitrogen and oxygen atoms in total. The maximum absolute atomic E-state index is 12.5. The highest BCUT2D eigenvalue weighted by Crippen LogP contribution is 2.30. The van der Waals surface area contributed by atoms with E-state index in [0.717, 1.165) is 31.4 Å². The lowest BCUT2D eigenvalue weighted by atomic mass is 9.88. The fourth-order valence-corrected chi connectivity index (χ4v) is 3.18. The lowest BCUT2D eigenvalue weighted by molar-refractivity contribution is -0.120. The van der Waals surface area contributed by atoms with E-state index in [9.17, 15) is 9.59 Å². The first-order valence-corrected chi connectivity index (χ1v) is 9.15. The van der Waals surface area contributed by atoms with Crippen LogP contribution in [0.15, 0.2) is 30.6 Å². The largest absolute Gasteiger partial charge is 0.494 e. The topological polar surface area (TPSA) is 93.2 Å². The van der Waals surface area contributed by atoms with Crippen molar-refractivity contribution >= 4 is 23.2 Å². The molecule has 0 saturated heterocycles. The minimum atomic E-state index is -0.358. The highest BCUT2D eigenvalue weighted by Gasteiger charge is 2.22. The molecule has 1 saturated carbocycles. The lowest BCUT2D eigenvalue weighted by Crippen LogP contribution is -2.25. The molecule has 1 aromatic carbocycles. The summed E-state index contributed by atoms with van der Waals surface area (Å²) in [5.74, 6) is 0.221. The van der Waals surface area contributed by atoms with Gasteiger partial charge in [0.05, 0.1) is 24.7 Å². The van der Waals surface area contributed by atoms with Crippen LogP contribution in [0.25, 0.3) is 0 Å². The summed E-state index contributed by atoms with van der Waals surface area (Å²) in [5, 5.41) is 5.71. The summed E-state index contributed by atoms with van der Waals surface area (Å²) < 4.78 is 5.38. The van der Waals surface area contributed by atoms with E-state index in [1.165, 1.54) is 19.7 Å². The molecule has 3 rings (SSSR count). The Kier molecular flexibility index (Phi) is 6.01. The first-order valence-electron chi connectivity index (χ1n) is 9.15. The number of nitrogens with zero attached hydrogens (tertiary/aromatic N) is 2. The van der Waals surface area contributed by atoms with Gasteiger partial charge in [0.2, 0.25) is 5.91 Å². The first kappa shape index (κ1) is 18.8. The van der Waals surface area contributed by atoms with E-state index in [1.807, 2.05) is 0 Å². The molecule has 0 spiro atoms. The summed E-state index contributed by atoms with van der Waals surface area (Å²) in [7, 11) is 1.53. The predicted molar refractivity (Wildman–Crippen MR) is 103 cm³/mol. The number of rotatable bonds is 5. The predicted octanol–water partition coefficient (Wildman–Crippen LogP) is 3.56. The minimum Gasteiger partial charge on any atom is -0.494 e. The molecule has 1 heterocycles. The Morgan fingerprint density at radius 3 is 2.52 bits per heavy atom. The van der Waals surface area contributed by atoms with Crippen LogP contribution in [0.5, 0.6) is 5.75 Å². The zero-order chi connectivity index (χ0) is 19.2. The second kappa shape index (κ2) is 8.62. The smallest absolute Gasteiger partial charge is 0.275 e. The summed E-state index contributed by atoms with van der Waals surface area (Å²) in [6.07, 6.45) is 8.23. The Balaban J connectivity index is 1.69. The monoisotopic (exact) mass is 368 g/mol. The molecule has 0 aliphatic heterocycles.